The van der Waals surface area contributed by atoms with Gasteiger partial charge >= 0.3 is 0 Å². The van der Waals surface area contributed by atoms with Crippen molar-refractivity contribution in [3.8, 4) is 11.5 Å². The van der Waals surface area contributed by atoms with Crippen LogP contribution in [-0.4, -0.2) is 86.6 Å². The Morgan fingerprint density at radius 2 is 1.79 bits per heavy atom. The number of hydrogen-bond acceptors (Lipinski definition) is 12. The molecule has 0 spiro atoms. The van der Waals surface area contributed by atoms with E-state index in [4.69, 9.17) is 26.8 Å². The van der Waals surface area contributed by atoms with Gasteiger partial charge in [-0.1, -0.05) is 30.7 Å². The molecule has 6 aromatic rings. The summed E-state index contributed by atoms with van der Waals surface area (Å²) in [5.74, 6) is -0.241. The summed E-state index contributed by atoms with van der Waals surface area (Å²) >= 11 is 6.47. The lowest BCUT2D eigenvalue weighted by molar-refractivity contribution is -0.384. The number of sulfonamides is 1. The van der Waals surface area contributed by atoms with Crippen molar-refractivity contribution in [1.82, 2.24) is 19.6 Å². The summed E-state index contributed by atoms with van der Waals surface area (Å²) in [6, 6.07) is 24.6. The summed E-state index contributed by atoms with van der Waals surface area (Å²) in [7, 11) is -4.57. The minimum atomic E-state index is -4.57. The molecular weight excluding hydrogens is 880 g/mol. The third-order valence-corrected chi connectivity index (χ3v) is 14.3. The normalized spacial score (nSPS) is 16.0. The van der Waals surface area contributed by atoms with E-state index in [0.29, 0.717) is 44.2 Å². The topological polar surface area (TPSA) is 198 Å². The van der Waals surface area contributed by atoms with Gasteiger partial charge in [-0.2, -0.15) is 0 Å². The number of carbonyl (C=O) groups is 1. The van der Waals surface area contributed by atoms with Crippen LogP contribution in [0.1, 0.15) is 58.8 Å². The van der Waals surface area contributed by atoms with Crippen LogP contribution in [0.4, 0.5) is 22.7 Å². The molecule has 3 aliphatic rings. The molecule has 0 radical (unpaired) electrons. The predicted molar refractivity (Wildman–Crippen MR) is 257 cm³/mol. The van der Waals surface area contributed by atoms with Gasteiger partial charge in [0.1, 0.15) is 22.8 Å². The first kappa shape index (κ1) is 44.7. The second kappa shape index (κ2) is 19.2. The Morgan fingerprint density at radius 3 is 2.58 bits per heavy atom. The largest absolute Gasteiger partial charge is 0.455 e. The zero-order valence-corrected chi connectivity index (χ0v) is 38.1. The number of pyridine rings is 1. The quantitative estimate of drug-likeness (QED) is 0.0462. The Balaban J connectivity index is 0.950. The maximum Gasteiger partial charge on any atom is 0.293 e. The lowest BCUT2D eigenvalue weighted by Gasteiger charge is -2.38. The number of aryl methyl sites for hydroxylation is 2. The Morgan fingerprint density at radius 1 is 0.985 bits per heavy atom. The van der Waals surface area contributed by atoms with Crippen LogP contribution in [0.25, 0.3) is 16.6 Å². The summed E-state index contributed by atoms with van der Waals surface area (Å²) in [6.07, 6.45) is 7.59. The maximum atomic E-state index is 14.0. The number of piperazine rings is 1. The first-order chi connectivity index (χ1) is 31.9. The van der Waals surface area contributed by atoms with Crippen molar-refractivity contribution >= 4 is 66.9 Å². The fourth-order valence-corrected chi connectivity index (χ4v) is 10.4. The van der Waals surface area contributed by atoms with Gasteiger partial charge in [-0.05, 0) is 132 Å². The van der Waals surface area contributed by atoms with Crippen LogP contribution in [0.3, 0.4) is 0 Å². The van der Waals surface area contributed by atoms with Gasteiger partial charge < -0.3 is 30.4 Å². The van der Waals surface area contributed by atoms with Crippen molar-refractivity contribution in [2.75, 3.05) is 68.4 Å². The standard InChI is InChI=1S/C49H51ClN8O7S/c1-2-32-23-36(50)5-9-41(32)47-35(4-3-33-24-37(51)6-10-42(33)47)30-56-17-19-57(20-18-56)38-7-11-43(46(26-38)65-39-25-34-13-16-52-48(34)54-29-39)49(59)55-66(62,63)40-8-12-44(45(27-40)58(60)61)53-28-31-14-21-64-22-15-31/h5-13,16,23-27,29,31,53H,2-4,14-15,17-22,28,30,51H2,1H3,(H,52,54)(H,55,59). The van der Waals surface area contributed by atoms with Crippen molar-refractivity contribution in [3.63, 3.8) is 0 Å². The van der Waals surface area contributed by atoms with E-state index in [1.807, 2.05) is 18.2 Å². The molecule has 2 saturated heterocycles. The molecule has 2 aliphatic heterocycles. The molecule has 15 nitrogen and oxygen atoms in total. The smallest absolute Gasteiger partial charge is 0.293 e. The molecule has 5 N–H and O–H groups in total. The van der Waals surface area contributed by atoms with Crippen LogP contribution in [0.5, 0.6) is 11.5 Å². The molecule has 0 saturated carbocycles. The molecule has 66 heavy (non-hydrogen) atoms. The molecule has 0 atom stereocenters. The van der Waals surface area contributed by atoms with Crippen LogP contribution >= 0.6 is 11.6 Å². The van der Waals surface area contributed by atoms with Crippen molar-refractivity contribution in [1.29, 1.82) is 0 Å². The average molecular weight is 932 g/mol. The molecule has 342 valence electrons. The Kier molecular flexibility index (Phi) is 13.0. The van der Waals surface area contributed by atoms with Gasteiger partial charge in [0, 0.05) is 92.6 Å². The Hall–Kier alpha value is -6.46. The second-order valence-electron chi connectivity index (χ2n) is 17.0. The van der Waals surface area contributed by atoms with Gasteiger partial charge in [0.15, 0.2) is 0 Å². The van der Waals surface area contributed by atoms with Crippen molar-refractivity contribution in [2.45, 2.75) is 43.9 Å². The molecule has 2 fully saturated rings. The molecule has 4 aromatic carbocycles. The van der Waals surface area contributed by atoms with E-state index in [0.717, 1.165) is 79.6 Å². The van der Waals surface area contributed by atoms with Crippen LogP contribution in [0.15, 0.2) is 108 Å². The maximum absolute atomic E-state index is 14.0. The Labute approximate surface area is 388 Å². The van der Waals surface area contributed by atoms with Crippen molar-refractivity contribution in [3.05, 3.63) is 146 Å². The number of fused-ring (bicyclic) bond motifs is 2. The van der Waals surface area contributed by atoms with Gasteiger partial charge in [-0.3, -0.25) is 19.8 Å². The minimum Gasteiger partial charge on any atom is -0.455 e. The number of aromatic amines is 1. The fourth-order valence-electron chi connectivity index (χ4n) is 9.19. The number of carbonyl (C=O) groups excluding carboxylic acids is 1. The van der Waals surface area contributed by atoms with E-state index in [2.05, 4.69) is 61.0 Å². The summed E-state index contributed by atoms with van der Waals surface area (Å²) in [5.41, 5.74) is 15.6. The van der Waals surface area contributed by atoms with Gasteiger partial charge in [-0.15, -0.1) is 0 Å². The molecule has 2 aromatic heterocycles. The molecular formula is C49H51ClN8O7S. The number of amides is 1. The molecule has 17 heteroatoms. The predicted octanol–water partition coefficient (Wildman–Crippen LogP) is 8.59. The number of nitrogens with one attached hydrogen (secondary N) is 3. The monoisotopic (exact) mass is 930 g/mol. The average Bonchev–Trinajstić information content (AvgIpc) is 3.79. The van der Waals surface area contributed by atoms with Crippen LogP contribution < -0.4 is 25.4 Å². The van der Waals surface area contributed by atoms with E-state index in [9.17, 15) is 23.3 Å². The van der Waals surface area contributed by atoms with Gasteiger partial charge in [0.05, 0.1) is 21.6 Å². The van der Waals surface area contributed by atoms with Crippen LogP contribution in [-0.2, 0) is 27.6 Å². The summed E-state index contributed by atoms with van der Waals surface area (Å²) < 4.78 is 41.3. The van der Waals surface area contributed by atoms with E-state index in [1.54, 1.807) is 24.4 Å². The first-order valence-corrected chi connectivity index (χ1v) is 24.1. The van der Waals surface area contributed by atoms with Crippen molar-refractivity contribution < 1.29 is 27.6 Å². The number of hydrogen-bond donors (Lipinski definition) is 4. The lowest BCUT2D eigenvalue weighted by Crippen LogP contribution is -2.47. The molecule has 9 rings (SSSR count). The second-order valence-corrected chi connectivity index (χ2v) is 19.1. The Bertz CT molecular complexity index is 2960. The molecule has 0 bridgehead atoms. The fraction of sp³-hybridized carbons (Fsp3) is 0.306. The number of nitrogen functional groups attached to an aromatic ring is 1. The summed E-state index contributed by atoms with van der Waals surface area (Å²) in [6.45, 7) is 7.59. The highest BCUT2D eigenvalue weighted by molar-refractivity contribution is 7.90. The van der Waals surface area contributed by atoms with Gasteiger partial charge in [-0.25, -0.2) is 18.1 Å². The van der Waals surface area contributed by atoms with Crippen LogP contribution in [0.2, 0.25) is 5.02 Å². The third kappa shape index (κ3) is 9.72. The number of nitrogens with two attached hydrogens (primary N) is 1. The van der Waals surface area contributed by atoms with Gasteiger partial charge in [0.2, 0.25) is 0 Å². The van der Waals surface area contributed by atoms with Crippen molar-refractivity contribution in [2.24, 2.45) is 5.92 Å². The van der Waals surface area contributed by atoms with E-state index in [-0.39, 0.29) is 22.9 Å². The SMILES string of the molecule is CCc1cc(Cl)ccc1C1=C(CN2CCN(c3ccc(C(=O)NS(=O)(=O)c4ccc(NCC5CCOCC5)c([N+](=O)[O-])c4)c(Oc4cnc5[nH]ccc5c4)c3)CC2)CCc2cc(N)ccc21. The number of aromatic nitrogens is 2. The van der Waals surface area contributed by atoms with E-state index >= 15 is 0 Å². The highest BCUT2D eigenvalue weighted by Gasteiger charge is 2.29. The summed E-state index contributed by atoms with van der Waals surface area (Å²) in [4.78, 5) is 37.2. The number of benzene rings is 4. The molecule has 0 unspecified atom stereocenters. The van der Waals surface area contributed by atoms with Crippen LogP contribution in [0, 0.1) is 16.0 Å². The first-order valence-electron chi connectivity index (χ1n) is 22.2. The molecule has 4 heterocycles. The minimum absolute atomic E-state index is 0.0492. The number of anilines is 3. The molecule has 1 amide bonds. The highest BCUT2D eigenvalue weighted by Crippen LogP contribution is 2.40. The highest BCUT2D eigenvalue weighted by atomic mass is 35.5. The van der Waals surface area contributed by atoms with E-state index in [1.165, 1.54) is 57.8 Å². The number of H-pyrrole nitrogens is 1. The number of ether oxygens (including phenoxy) is 2. The van der Waals surface area contributed by atoms with E-state index < -0.39 is 31.4 Å². The number of halogens is 1. The number of rotatable bonds is 14. The zero-order valence-electron chi connectivity index (χ0n) is 36.5. The third-order valence-electron chi connectivity index (χ3n) is 12.8. The number of nitro groups is 1. The summed E-state index contributed by atoms with van der Waals surface area (Å²) in [5, 5.41) is 16.7. The number of nitrogens with zero attached hydrogens (tertiary/aromatic N) is 4. The number of nitro benzene ring substituents is 1. The lowest BCUT2D eigenvalue weighted by atomic mass is 9.80. The molecule has 1 aliphatic carbocycles. The zero-order chi connectivity index (χ0) is 46.0. The van der Waals surface area contributed by atoms with Gasteiger partial charge in [0.25, 0.3) is 21.6 Å².